The third-order valence-corrected chi connectivity index (χ3v) is 6.99. The number of carbonyl (C=O) groups excluding carboxylic acids is 1. The number of aromatic nitrogens is 2. The van der Waals surface area contributed by atoms with Crippen molar-refractivity contribution in [3.05, 3.63) is 76.9 Å². The van der Waals surface area contributed by atoms with Gasteiger partial charge in [-0.3, -0.25) is 9.69 Å². The van der Waals surface area contributed by atoms with Crippen LogP contribution in [0.5, 0.6) is 5.75 Å². The van der Waals surface area contributed by atoms with Gasteiger partial charge in [-0.15, -0.1) is 0 Å². The summed E-state index contributed by atoms with van der Waals surface area (Å²) in [5.74, 6) is 0.625. The zero-order chi connectivity index (χ0) is 23.5. The number of methoxy groups -OCH3 is 1. The lowest BCUT2D eigenvalue weighted by atomic mass is 9.95. The van der Waals surface area contributed by atoms with Crippen molar-refractivity contribution in [2.45, 2.75) is 32.1 Å². The molecule has 0 unspecified atom stereocenters. The number of benzene rings is 2. The van der Waals surface area contributed by atoms with E-state index in [0.29, 0.717) is 18.8 Å². The van der Waals surface area contributed by atoms with Crippen molar-refractivity contribution in [1.29, 1.82) is 0 Å². The molecule has 1 amide bonds. The molecular weight excluding hydrogens is 431 g/mol. The highest BCUT2D eigenvalue weighted by molar-refractivity contribution is 5.94. The Kier molecular flexibility index (Phi) is 6.63. The van der Waals surface area contributed by atoms with Crippen LogP contribution >= 0.6 is 0 Å². The van der Waals surface area contributed by atoms with E-state index in [2.05, 4.69) is 17.0 Å². The highest BCUT2D eigenvalue weighted by Gasteiger charge is 2.30. The molecule has 1 aromatic heterocycles. The molecule has 178 valence electrons. The van der Waals surface area contributed by atoms with Gasteiger partial charge in [0, 0.05) is 44.0 Å². The van der Waals surface area contributed by atoms with Crippen molar-refractivity contribution in [1.82, 2.24) is 19.6 Å². The number of rotatable bonds is 6. The average Bonchev–Trinajstić information content (AvgIpc) is 3.28. The molecule has 0 radical (unpaired) electrons. The second kappa shape index (κ2) is 9.97. The first-order valence-electron chi connectivity index (χ1n) is 12.1. The smallest absolute Gasteiger partial charge is 0.274 e. The van der Waals surface area contributed by atoms with Crippen LogP contribution in [-0.4, -0.2) is 65.3 Å². The normalized spacial score (nSPS) is 16.4. The molecule has 0 saturated carbocycles. The van der Waals surface area contributed by atoms with E-state index in [9.17, 15) is 9.18 Å². The van der Waals surface area contributed by atoms with Crippen LogP contribution < -0.4 is 4.74 Å². The molecule has 6 nitrogen and oxygen atoms in total. The Bertz CT molecular complexity index is 1130. The van der Waals surface area contributed by atoms with Gasteiger partial charge in [-0.05, 0) is 74.1 Å². The lowest BCUT2D eigenvalue weighted by molar-refractivity contribution is 0.0631. The van der Waals surface area contributed by atoms with Gasteiger partial charge in [0.2, 0.25) is 0 Å². The van der Waals surface area contributed by atoms with Crippen LogP contribution in [0, 0.1) is 5.82 Å². The lowest BCUT2D eigenvalue weighted by Crippen LogP contribution is -2.49. The largest absolute Gasteiger partial charge is 0.497 e. The molecule has 2 aromatic carbocycles. The molecule has 0 N–H and O–H groups in total. The number of ether oxygens (including phenoxy) is 1. The predicted octanol–water partition coefficient (Wildman–Crippen LogP) is 3.90. The van der Waals surface area contributed by atoms with Gasteiger partial charge in [-0.25, -0.2) is 9.07 Å². The molecule has 0 spiro atoms. The van der Waals surface area contributed by atoms with Gasteiger partial charge in [-0.1, -0.05) is 12.1 Å². The van der Waals surface area contributed by atoms with E-state index in [1.807, 2.05) is 21.7 Å². The van der Waals surface area contributed by atoms with Crippen LogP contribution in [0.2, 0.25) is 0 Å². The summed E-state index contributed by atoms with van der Waals surface area (Å²) < 4.78 is 20.5. The van der Waals surface area contributed by atoms with Gasteiger partial charge < -0.3 is 9.64 Å². The Morgan fingerprint density at radius 3 is 2.38 bits per heavy atom. The minimum absolute atomic E-state index is 0.0221. The van der Waals surface area contributed by atoms with E-state index < -0.39 is 0 Å². The summed E-state index contributed by atoms with van der Waals surface area (Å²) in [4.78, 5) is 17.8. The Labute approximate surface area is 199 Å². The first-order chi connectivity index (χ1) is 16.6. The standard InChI is InChI=1S/C27H31FN4O2/c1-34-23-12-6-20(7-13-23)14-15-30-16-18-31(19-17-30)27(33)26-24-4-2-3-5-25(24)32(29-26)22-10-8-21(28)9-11-22/h6-13H,2-5,14-19H2,1H3. The maximum absolute atomic E-state index is 13.5. The van der Waals surface area contributed by atoms with Crippen molar-refractivity contribution in [2.75, 3.05) is 39.8 Å². The Balaban J connectivity index is 1.24. The molecule has 2 heterocycles. The fraction of sp³-hybridized carbons (Fsp3) is 0.407. The van der Waals surface area contributed by atoms with Crippen LogP contribution in [-0.2, 0) is 19.3 Å². The number of carbonyl (C=O) groups is 1. The molecule has 1 saturated heterocycles. The summed E-state index contributed by atoms with van der Waals surface area (Å²) in [6, 6.07) is 14.6. The summed E-state index contributed by atoms with van der Waals surface area (Å²) in [7, 11) is 1.68. The van der Waals surface area contributed by atoms with E-state index >= 15 is 0 Å². The first kappa shape index (κ1) is 22.6. The summed E-state index contributed by atoms with van der Waals surface area (Å²) in [5.41, 5.74) is 4.84. The monoisotopic (exact) mass is 462 g/mol. The fourth-order valence-electron chi connectivity index (χ4n) is 4.97. The van der Waals surface area contributed by atoms with E-state index in [-0.39, 0.29) is 11.7 Å². The topological polar surface area (TPSA) is 50.6 Å². The second-order valence-electron chi connectivity index (χ2n) is 9.10. The van der Waals surface area contributed by atoms with Crippen LogP contribution in [0.3, 0.4) is 0 Å². The van der Waals surface area contributed by atoms with Crippen molar-refractivity contribution in [2.24, 2.45) is 0 Å². The Hall–Kier alpha value is -3.19. The lowest BCUT2D eigenvalue weighted by Gasteiger charge is -2.34. The first-order valence-corrected chi connectivity index (χ1v) is 12.1. The molecule has 7 heteroatoms. The Morgan fingerprint density at radius 2 is 1.68 bits per heavy atom. The van der Waals surface area contributed by atoms with Crippen LogP contribution in [0.4, 0.5) is 4.39 Å². The van der Waals surface area contributed by atoms with Gasteiger partial charge in [0.25, 0.3) is 5.91 Å². The third kappa shape index (κ3) is 4.71. The molecule has 0 atom stereocenters. The highest BCUT2D eigenvalue weighted by Crippen LogP contribution is 2.28. The van der Waals surface area contributed by atoms with E-state index in [4.69, 9.17) is 9.84 Å². The second-order valence-corrected chi connectivity index (χ2v) is 9.10. The van der Waals surface area contributed by atoms with Crippen molar-refractivity contribution in [3.8, 4) is 11.4 Å². The maximum Gasteiger partial charge on any atom is 0.274 e. The number of piperazine rings is 1. The predicted molar refractivity (Wildman–Crippen MR) is 129 cm³/mol. The molecule has 5 rings (SSSR count). The van der Waals surface area contributed by atoms with E-state index in [1.165, 1.54) is 17.7 Å². The molecule has 3 aromatic rings. The average molecular weight is 463 g/mol. The summed E-state index contributed by atoms with van der Waals surface area (Å²) in [6.07, 6.45) is 4.90. The van der Waals surface area contributed by atoms with Crippen molar-refractivity contribution < 1.29 is 13.9 Å². The van der Waals surface area contributed by atoms with Crippen molar-refractivity contribution >= 4 is 5.91 Å². The number of fused-ring (bicyclic) bond motifs is 1. The summed E-state index contributed by atoms with van der Waals surface area (Å²) >= 11 is 0. The van der Waals surface area contributed by atoms with E-state index in [0.717, 1.165) is 74.4 Å². The van der Waals surface area contributed by atoms with E-state index in [1.54, 1.807) is 19.2 Å². The summed E-state index contributed by atoms with van der Waals surface area (Å²) in [5, 5.41) is 4.76. The molecule has 1 fully saturated rings. The number of amides is 1. The van der Waals surface area contributed by atoms with Gasteiger partial charge in [0.05, 0.1) is 12.8 Å². The summed E-state index contributed by atoms with van der Waals surface area (Å²) in [6.45, 7) is 4.12. The quantitative estimate of drug-likeness (QED) is 0.558. The molecule has 2 aliphatic rings. The van der Waals surface area contributed by atoms with Crippen LogP contribution in [0.1, 0.15) is 40.2 Å². The minimum Gasteiger partial charge on any atom is -0.497 e. The fourth-order valence-corrected chi connectivity index (χ4v) is 4.97. The third-order valence-electron chi connectivity index (χ3n) is 6.99. The van der Waals surface area contributed by atoms with Crippen LogP contribution in [0.15, 0.2) is 48.5 Å². The van der Waals surface area contributed by atoms with Gasteiger partial charge >= 0.3 is 0 Å². The molecular formula is C27H31FN4O2. The van der Waals surface area contributed by atoms with Gasteiger partial charge in [-0.2, -0.15) is 5.10 Å². The highest BCUT2D eigenvalue weighted by atomic mass is 19.1. The van der Waals surface area contributed by atoms with Crippen molar-refractivity contribution in [3.63, 3.8) is 0 Å². The number of hydrogen-bond donors (Lipinski definition) is 0. The number of hydrogen-bond acceptors (Lipinski definition) is 4. The van der Waals surface area contributed by atoms with Gasteiger partial charge in [0.15, 0.2) is 5.69 Å². The molecule has 1 aliphatic heterocycles. The van der Waals surface area contributed by atoms with Crippen LogP contribution in [0.25, 0.3) is 5.69 Å². The maximum atomic E-state index is 13.5. The SMILES string of the molecule is COc1ccc(CCN2CCN(C(=O)c3nn(-c4ccc(F)cc4)c4c3CCCC4)CC2)cc1. The Morgan fingerprint density at radius 1 is 0.971 bits per heavy atom. The minimum atomic E-state index is -0.272. The van der Waals surface area contributed by atoms with Gasteiger partial charge in [0.1, 0.15) is 11.6 Å². The molecule has 34 heavy (non-hydrogen) atoms. The number of halogens is 1. The zero-order valence-electron chi connectivity index (χ0n) is 19.7. The zero-order valence-corrected chi connectivity index (χ0v) is 19.7. The molecule has 1 aliphatic carbocycles. The molecule has 0 bridgehead atoms. The number of nitrogens with zero attached hydrogens (tertiary/aromatic N) is 4.